The Bertz CT molecular complexity index is 677. The molecule has 108 valence electrons. The van der Waals surface area contributed by atoms with Crippen LogP contribution in [0.3, 0.4) is 0 Å². The predicted octanol–water partition coefficient (Wildman–Crippen LogP) is 4.93. The number of halogens is 2. The summed E-state index contributed by atoms with van der Waals surface area (Å²) >= 11 is 12.1. The summed E-state index contributed by atoms with van der Waals surface area (Å²) in [5, 5.41) is 4.68. The summed E-state index contributed by atoms with van der Waals surface area (Å²) in [6.07, 6.45) is 5.22. The molecule has 4 heteroatoms. The SMILES string of the molecule is C#CCOc1ccc(Cl)cc1CNc1ccc(C)c(Cl)c1. The van der Waals surface area contributed by atoms with Crippen LogP contribution in [0, 0.1) is 19.3 Å². The van der Waals surface area contributed by atoms with Crippen LogP contribution < -0.4 is 10.1 Å². The van der Waals surface area contributed by atoms with Crippen LogP contribution in [0.25, 0.3) is 0 Å². The van der Waals surface area contributed by atoms with Crippen molar-refractivity contribution in [2.24, 2.45) is 0 Å². The lowest BCUT2D eigenvalue weighted by Crippen LogP contribution is -2.04. The minimum Gasteiger partial charge on any atom is -0.481 e. The van der Waals surface area contributed by atoms with E-state index in [1.165, 1.54) is 0 Å². The van der Waals surface area contributed by atoms with Crippen LogP contribution in [0.2, 0.25) is 10.0 Å². The molecule has 0 bridgehead atoms. The first-order valence-corrected chi connectivity index (χ1v) is 7.20. The molecule has 0 radical (unpaired) electrons. The van der Waals surface area contributed by atoms with Crippen LogP contribution in [-0.4, -0.2) is 6.61 Å². The number of ether oxygens (including phenoxy) is 1. The summed E-state index contributed by atoms with van der Waals surface area (Å²) < 4.78 is 5.51. The molecular weight excluding hydrogens is 305 g/mol. The van der Waals surface area contributed by atoms with Gasteiger partial charge in [-0.1, -0.05) is 35.2 Å². The van der Waals surface area contributed by atoms with E-state index < -0.39 is 0 Å². The maximum Gasteiger partial charge on any atom is 0.148 e. The van der Waals surface area contributed by atoms with Crippen LogP contribution >= 0.6 is 23.2 Å². The molecule has 2 aromatic carbocycles. The molecule has 2 rings (SSSR count). The van der Waals surface area contributed by atoms with Gasteiger partial charge in [0.15, 0.2) is 0 Å². The van der Waals surface area contributed by atoms with Crippen molar-refractivity contribution in [2.45, 2.75) is 13.5 Å². The first-order chi connectivity index (χ1) is 10.1. The fourth-order valence-corrected chi connectivity index (χ4v) is 2.22. The van der Waals surface area contributed by atoms with E-state index in [4.69, 9.17) is 34.4 Å². The van der Waals surface area contributed by atoms with Gasteiger partial charge in [-0.25, -0.2) is 0 Å². The maximum absolute atomic E-state index is 6.11. The van der Waals surface area contributed by atoms with E-state index in [0.29, 0.717) is 11.6 Å². The zero-order valence-electron chi connectivity index (χ0n) is 11.6. The number of aryl methyl sites for hydroxylation is 1. The van der Waals surface area contributed by atoms with E-state index >= 15 is 0 Å². The number of terminal acetylenes is 1. The van der Waals surface area contributed by atoms with E-state index in [-0.39, 0.29) is 6.61 Å². The fourth-order valence-electron chi connectivity index (χ4n) is 1.85. The predicted molar refractivity (Wildman–Crippen MR) is 89.3 cm³/mol. The van der Waals surface area contributed by atoms with Crippen LogP contribution in [0.5, 0.6) is 5.75 Å². The lowest BCUT2D eigenvalue weighted by molar-refractivity contribution is 0.366. The van der Waals surface area contributed by atoms with E-state index in [9.17, 15) is 0 Å². The summed E-state index contributed by atoms with van der Waals surface area (Å²) in [6, 6.07) is 11.3. The molecule has 0 amide bonds. The molecule has 0 spiro atoms. The lowest BCUT2D eigenvalue weighted by Gasteiger charge is -2.12. The number of hydrogen-bond donors (Lipinski definition) is 1. The third-order valence-corrected chi connectivity index (χ3v) is 3.63. The molecule has 1 N–H and O–H groups in total. The number of nitrogens with one attached hydrogen (secondary N) is 1. The van der Waals surface area contributed by atoms with Crippen molar-refractivity contribution in [1.29, 1.82) is 0 Å². The Morgan fingerprint density at radius 2 is 2.00 bits per heavy atom. The van der Waals surface area contributed by atoms with E-state index in [0.717, 1.165) is 27.6 Å². The average Bonchev–Trinajstić information content (AvgIpc) is 2.47. The van der Waals surface area contributed by atoms with Gasteiger partial charge in [-0.05, 0) is 42.8 Å². The van der Waals surface area contributed by atoms with Crippen molar-refractivity contribution in [1.82, 2.24) is 0 Å². The minimum atomic E-state index is 0.227. The number of benzene rings is 2. The first kappa shape index (κ1) is 15.6. The number of hydrogen-bond acceptors (Lipinski definition) is 2. The second-order valence-electron chi connectivity index (χ2n) is 4.56. The van der Waals surface area contributed by atoms with E-state index in [1.807, 2.05) is 37.3 Å². The summed E-state index contributed by atoms with van der Waals surface area (Å²) in [6.45, 7) is 2.76. The standard InChI is InChI=1S/C17H15Cl2NO/c1-3-8-21-17-7-5-14(18)9-13(17)11-20-15-6-4-12(2)16(19)10-15/h1,4-7,9-10,20H,8,11H2,2H3. The Hall–Kier alpha value is -1.82. The smallest absolute Gasteiger partial charge is 0.148 e. The third kappa shape index (κ3) is 4.32. The molecule has 2 aromatic rings. The molecule has 0 aliphatic rings. The number of anilines is 1. The van der Waals surface area contributed by atoms with Crippen LogP contribution in [-0.2, 0) is 6.54 Å². The topological polar surface area (TPSA) is 21.3 Å². The highest BCUT2D eigenvalue weighted by Gasteiger charge is 2.05. The molecule has 2 nitrogen and oxygen atoms in total. The number of rotatable bonds is 5. The van der Waals surface area contributed by atoms with Crippen LogP contribution in [0.4, 0.5) is 5.69 Å². The second kappa shape index (κ2) is 7.26. The molecular formula is C17H15Cl2NO. The van der Waals surface area contributed by atoms with Gasteiger partial charge in [-0.3, -0.25) is 0 Å². The average molecular weight is 320 g/mol. The molecule has 0 fully saturated rings. The fraction of sp³-hybridized carbons (Fsp3) is 0.176. The van der Waals surface area contributed by atoms with Crippen molar-refractivity contribution in [3.63, 3.8) is 0 Å². The Morgan fingerprint density at radius 1 is 1.19 bits per heavy atom. The van der Waals surface area contributed by atoms with Crippen LogP contribution in [0.1, 0.15) is 11.1 Å². The third-order valence-electron chi connectivity index (χ3n) is 2.99. The van der Waals surface area contributed by atoms with Gasteiger partial charge in [0.1, 0.15) is 12.4 Å². The highest BCUT2D eigenvalue weighted by atomic mass is 35.5. The van der Waals surface area contributed by atoms with Crippen molar-refractivity contribution in [3.8, 4) is 18.1 Å². The molecule has 0 atom stereocenters. The lowest BCUT2D eigenvalue weighted by atomic mass is 10.2. The molecule has 21 heavy (non-hydrogen) atoms. The molecule has 0 unspecified atom stereocenters. The highest BCUT2D eigenvalue weighted by molar-refractivity contribution is 6.31. The van der Waals surface area contributed by atoms with Gasteiger partial charge in [0.25, 0.3) is 0 Å². The summed E-state index contributed by atoms with van der Waals surface area (Å²) in [7, 11) is 0. The minimum absolute atomic E-state index is 0.227. The van der Waals surface area contributed by atoms with Gasteiger partial charge in [0.2, 0.25) is 0 Å². The summed E-state index contributed by atoms with van der Waals surface area (Å²) in [4.78, 5) is 0. The molecule has 0 saturated heterocycles. The van der Waals surface area contributed by atoms with Crippen molar-refractivity contribution in [2.75, 3.05) is 11.9 Å². The highest BCUT2D eigenvalue weighted by Crippen LogP contribution is 2.25. The zero-order valence-corrected chi connectivity index (χ0v) is 13.1. The Morgan fingerprint density at radius 3 is 2.71 bits per heavy atom. The van der Waals surface area contributed by atoms with E-state index in [1.54, 1.807) is 6.07 Å². The largest absolute Gasteiger partial charge is 0.481 e. The van der Waals surface area contributed by atoms with Gasteiger partial charge in [0.05, 0.1) is 0 Å². The summed E-state index contributed by atoms with van der Waals surface area (Å²) in [5.74, 6) is 3.18. The van der Waals surface area contributed by atoms with Gasteiger partial charge < -0.3 is 10.1 Å². The van der Waals surface area contributed by atoms with Gasteiger partial charge in [-0.2, -0.15) is 0 Å². The van der Waals surface area contributed by atoms with Crippen molar-refractivity contribution >= 4 is 28.9 Å². The van der Waals surface area contributed by atoms with Crippen molar-refractivity contribution < 1.29 is 4.74 Å². The first-order valence-electron chi connectivity index (χ1n) is 6.45. The zero-order chi connectivity index (χ0) is 15.2. The monoisotopic (exact) mass is 319 g/mol. The van der Waals surface area contributed by atoms with Crippen LogP contribution in [0.15, 0.2) is 36.4 Å². The Balaban J connectivity index is 2.13. The van der Waals surface area contributed by atoms with E-state index in [2.05, 4.69) is 11.2 Å². The Kier molecular flexibility index (Phi) is 5.38. The quantitative estimate of drug-likeness (QED) is 0.789. The Labute approximate surface area is 135 Å². The maximum atomic E-state index is 6.11. The molecule has 0 aliphatic carbocycles. The molecule has 0 heterocycles. The van der Waals surface area contributed by atoms with Gasteiger partial charge in [0, 0.05) is 27.8 Å². The van der Waals surface area contributed by atoms with Gasteiger partial charge in [-0.15, -0.1) is 6.42 Å². The second-order valence-corrected chi connectivity index (χ2v) is 5.41. The molecule has 0 aromatic heterocycles. The van der Waals surface area contributed by atoms with Crippen molar-refractivity contribution in [3.05, 3.63) is 57.6 Å². The molecule has 0 saturated carbocycles. The van der Waals surface area contributed by atoms with Gasteiger partial charge >= 0.3 is 0 Å². The summed E-state index contributed by atoms with van der Waals surface area (Å²) in [5.41, 5.74) is 2.92. The molecule has 0 aliphatic heterocycles. The normalized spacial score (nSPS) is 10.0.